The van der Waals surface area contributed by atoms with Crippen molar-refractivity contribution in [3.63, 3.8) is 0 Å². The van der Waals surface area contributed by atoms with Crippen LogP contribution >= 0.6 is 11.6 Å². The van der Waals surface area contributed by atoms with Gasteiger partial charge in [0.25, 0.3) is 0 Å². The molecule has 0 atom stereocenters. The average Bonchev–Trinajstić information content (AvgIpc) is 3.36. The van der Waals surface area contributed by atoms with Gasteiger partial charge in [0.05, 0.1) is 18.5 Å². The summed E-state index contributed by atoms with van der Waals surface area (Å²) < 4.78 is 7.66. The van der Waals surface area contributed by atoms with Crippen LogP contribution in [0.25, 0.3) is 0 Å². The molecule has 1 spiro atoms. The summed E-state index contributed by atoms with van der Waals surface area (Å²) in [4.78, 5) is 2.28. The molecule has 1 N–H and O–H groups in total. The first-order valence-electron chi connectivity index (χ1n) is 11.2. The molecule has 0 unspecified atom stereocenters. The summed E-state index contributed by atoms with van der Waals surface area (Å²) in [5.41, 5.74) is 3.71. The van der Waals surface area contributed by atoms with E-state index >= 15 is 0 Å². The summed E-state index contributed by atoms with van der Waals surface area (Å²) in [7, 11) is 3.68. The smallest absolute Gasteiger partial charge is 0.159 e. The second-order valence-electron chi connectivity index (χ2n) is 9.16. The van der Waals surface area contributed by atoms with Crippen LogP contribution < -0.4 is 9.64 Å². The lowest BCUT2D eigenvalue weighted by atomic mass is 9.79. The SMILES string of the molecule is CCCC(O)(CCC)c1c2c(nn1C)N(c1c(C)cc(Cl)cc1OC)CCC21CC1. The van der Waals surface area contributed by atoms with Crippen molar-refractivity contribution in [2.75, 3.05) is 18.6 Å². The topological polar surface area (TPSA) is 50.5 Å². The van der Waals surface area contributed by atoms with E-state index in [0.29, 0.717) is 5.02 Å². The minimum atomic E-state index is -0.837. The molecular formula is C24H34ClN3O2. The molecule has 164 valence electrons. The van der Waals surface area contributed by atoms with Crippen LogP contribution in [0.1, 0.15) is 75.6 Å². The fraction of sp³-hybridized carbons (Fsp3) is 0.625. The van der Waals surface area contributed by atoms with Gasteiger partial charge in [0, 0.05) is 35.7 Å². The van der Waals surface area contributed by atoms with E-state index in [9.17, 15) is 5.11 Å². The van der Waals surface area contributed by atoms with Crippen LogP contribution in [0.3, 0.4) is 0 Å². The van der Waals surface area contributed by atoms with Crippen LogP contribution in [-0.2, 0) is 18.1 Å². The Kier molecular flexibility index (Phi) is 5.56. The molecular weight excluding hydrogens is 398 g/mol. The van der Waals surface area contributed by atoms with Gasteiger partial charge in [-0.15, -0.1) is 0 Å². The van der Waals surface area contributed by atoms with Gasteiger partial charge in [-0.05, 0) is 50.7 Å². The van der Waals surface area contributed by atoms with Gasteiger partial charge >= 0.3 is 0 Å². The van der Waals surface area contributed by atoms with Crippen molar-refractivity contribution in [1.29, 1.82) is 0 Å². The first-order chi connectivity index (χ1) is 14.3. The van der Waals surface area contributed by atoms with Crippen molar-refractivity contribution in [2.45, 2.75) is 76.7 Å². The number of nitrogens with zero attached hydrogens (tertiary/aromatic N) is 3. The molecule has 1 saturated carbocycles. The van der Waals surface area contributed by atoms with Gasteiger partial charge in [-0.25, -0.2) is 0 Å². The van der Waals surface area contributed by atoms with Crippen molar-refractivity contribution < 1.29 is 9.84 Å². The lowest BCUT2D eigenvalue weighted by Gasteiger charge is -2.37. The molecule has 30 heavy (non-hydrogen) atoms. The van der Waals surface area contributed by atoms with Crippen molar-refractivity contribution in [3.8, 4) is 5.75 Å². The zero-order valence-corrected chi connectivity index (χ0v) is 19.6. The number of rotatable bonds is 7. The first kappa shape index (κ1) is 21.5. The number of anilines is 2. The molecule has 1 aliphatic carbocycles. The summed E-state index contributed by atoms with van der Waals surface area (Å²) in [5, 5.41) is 17.5. The molecule has 6 heteroatoms. The number of benzene rings is 1. The summed E-state index contributed by atoms with van der Waals surface area (Å²) >= 11 is 6.30. The minimum Gasteiger partial charge on any atom is -0.495 e. The Morgan fingerprint density at radius 1 is 1.20 bits per heavy atom. The molecule has 0 saturated heterocycles. The zero-order chi connectivity index (χ0) is 21.7. The predicted molar refractivity (Wildman–Crippen MR) is 122 cm³/mol. The molecule has 0 amide bonds. The fourth-order valence-electron chi connectivity index (χ4n) is 5.54. The van der Waals surface area contributed by atoms with Crippen LogP contribution in [0, 0.1) is 6.92 Å². The van der Waals surface area contributed by atoms with Crippen molar-refractivity contribution >= 4 is 23.1 Å². The molecule has 2 heterocycles. The van der Waals surface area contributed by atoms with E-state index < -0.39 is 5.60 Å². The van der Waals surface area contributed by atoms with Crippen molar-refractivity contribution in [3.05, 3.63) is 34.0 Å². The maximum absolute atomic E-state index is 11.8. The van der Waals surface area contributed by atoms with E-state index in [1.165, 1.54) is 18.4 Å². The molecule has 5 nitrogen and oxygen atoms in total. The van der Waals surface area contributed by atoms with Crippen LogP contribution in [0.5, 0.6) is 5.75 Å². The number of halogens is 1. The van der Waals surface area contributed by atoms with Crippen LogP contribution in [0.4, 0.5) is 11.5 Å². The Hall–Kier alpha value is -1.72. The second-order valence-corrected chi connectivity index (χ2v) is 9.59. The number of hydrogen-bond acceptors (Lipinski definition) is 4. The van der Waals surface area contributed by atoms with E-state index in [2.05, 4.69) is 25.7 Å². The largest absolute Gasteiger partial charge is 0.495 e. The standard InChI is InChI=1S/C24H34ClN3O2/c1-6-8-24(29,9-7-2)21-19-22(26-27(21)4)28(13-12-23(19)10-11-23)20-16(3)14-17(25)15-18(20)30-5/h14-15,29H,6-13H2,1-5H3. The number of fused-ring (bicyclic) bond motifs is 2. The monoisotopic (exact) mass is 431 g/mol. The summed E-state index contributed by atoms with van der Waals surface area (Å²) in [6.07, 6.45) is 6.82. The highest BCUT2D eigenvalue weighted by Gasteiger charge is 2.54. The maximum Gasteiger partial charge on any atom is 0.159 e. The number of ether oxygens (including phenoxy) is 1. The van der Waals surface area contributed by atoms with Gasteiger partial charge in [0.1, 0.15) is 11.4 Å². The molecule has 0 radical (unpaired) electrons. The van der Waals surface area contributed by atoms with Crippen LogP contribution in [0.15, 0.2) is 12.1 Å². The average molecular weight is 432 g/mol. The third kappa shape index (κ3) is 3.31. The molecule has 1 aromatic heterocycles. The Bertz CT molecular complexity index is 942. The third-order valence-corrected chi connectivity index (χ3v) is 7.19. The van der Waals surface area contributed by atoms with Gasteiger partial charge in [-0.3, -0.25) is 4.68 Å². The molecule has 1 fully saturated rings. The van der Waals surface area contributed by atoms with Gasteiger partial charge in [-0.1, -0.05) is 38.3 Å². The lowest BCUT2D eigenvalue weighted by Crippen LogP contribution is -2.35. The molecule has 2 aromatic rings. The Balaban J connectivity index is 1.92. The lowest BCUT2D eigenvalue weighted by molar-refractivity contribution is 0.00777. The zero-order valence-electron chi connectivity index (χ0n) is 18.9. The van der Waals surface area contributed by atoms with Crippen molar-refractivity contribution in [2.24, 2.45) is 7.05 Å². The molecule has 1 aliphatic heterocycles. The van der Waals surface area contributed by atoms with Gasteiger partial charge in [0.15, 0.2) is 5.82 Å². The predicted octanol–water partition coefficient (Wildman–Crippen LogP) is 5.75. The van der Waals surface area contributed by atoms with Gasteiger partial charge < -0.3 is 14.7 Å². The minimum absolute atomic E-state index is 0.165. The molecule has 2 aliphatic rings. The van der Waals surface area contributed by atoms with Crippen molar-refractivity contribution in [1.82, 2.24) is 9.78 Å². The van der Waals surface area contributed by atoms with Gasteiger partial charge in [0.2, 0.25) is 0 Å². The second kappa shape index (κ2) is 7.76. The Morgan fingerprint density at radius 3 is 2.43 bits per heavy atom. The van der Waals surface area contributed by atoms with Crippen LogP contribution in [-0.4, -0.2) is 28.5 Å². The highest BCUT2D eigenvalue weighted by molar-refractivity contribution is 6.31. The normalized spacial score (nSPS) is 17.4. The summed E-state index contributed by atoms with van der Waals surface area (Å²) in [6, 6.07) is 3.86. The number of methoxy groups -OCH3 is 1. The summed E-state index contributed by atoms with van der Waals surface area (Å²) in [6.45, 7) is 7.25. The summed E-state index contributed by atoms with van der Waals surface area (Å²) in [5.74, 6) is 1.74. The van der Waals surface area contributed by atoms with E-state index in [1.807, 2.05) is 23.9 Å². The Labute approximate surface area is 185 Å². The third-order valence-electron chi connectivity index (χ3n) is 6.97. The number of aryl methyl sites for hydroxylation is 2. The molecule has 1 aromatic carbocycles. The first-order valence-corrected chi connectivity index (χ1v) is 11.6. The highest BCUT2D eigenvalue weighted by atomic mass is 35.5. The highest BCUT2D eigenvalue weighted by Crippen LogP contribution is 2.60. The fourth-order valence-corrected chi connectivity index (χ4v) is 5.80. The Morgan fingerprint density at radius 2 is 1.87 bits per heavy atom. The van der Waals surface area contributed by atoms with E-state index in [0.717, 1.165) is 67.2 Å². The number of aromatic nitrogens is 2. The maximum atomic E-state index is 11.8. The van der Waals surface area contributed by atoms with E-state index in [-0.39, 0.29) is 5.41 Å². The molecule has 4 rings (SSSR count). The van der Waals surface area contributed by atoms with E-state index in [1.54, 1.807) is 7.11 Å². The quantitative estimate of drug-likeness (QED) is 0.606. The van der Waals surface area contributed by atoms with Gasteiger partial charge in [-0.2, -0.15) is 5.10 Å². The number of aliphatic hydroxyl groups is 1. The molecule has 0 bridgehead atoms. The number of hydrogen-bond donors (Lipinski definition) is 1. The van der Waals surface area contributed by atoms with Crippen LogP contribution in [0.2, 0.25) is 5.02 Å². The van der Waals surface area contributed by atoms with E-state index in [4.69, 9.17) is 21.4 Å².